The number of pyridine rings is 1. The average Bonchev–Trinajstić information content (AvgIpc) is 3.08. The van der Waals surface area contributed by atoms with E-state index in [4.69, 9.17) is 14.5 Å². The van der Waals surface area contributed by atoms with Crippen LogP contribution < -0.4 is 10.1 Å². The molecular formula is C23H32N4O3. The molecule has 0 aromatic carbocycles. The molecule has 0 bridgehead atoms. The Bertz CT molecular complexity index is 869. The summed E-state index contributed by atoms with van der Waals surface area (Å²) in [6.07, 6.45) is 11.3. The molecule has 2 aromatic rings. The Kier molecular flexibility index (Phi) is 6.55. The van der Waals surface area contributed by atoms with Crippen molar-refractivity contribution in [3.63, 3.8) is 0 Å². The van der Waals surface area contributed by atoms with Gasteiger partial charge in [0.05, 0.1) is 42.5 Å². The highest BCUT2D eigenvalue weighted by atomic mass is 16.5. The minimum absolute atomic E-state index is 0.300. The molecule has 4 rings (SSSR count). The van der Waals surface area contributed by atoms with E-state index < -0.39 is 0 Å². The third-order valence-electron chi connectivity index (χ3n) is 6.30. The van der Waals surface area contributed by atoms with E-state index in [0.717, 1.165) is 54.1 Å². The van der Waals surface area contributed by atoms with E-state index in [0.29, 0.717) is 25.2 Å². The van der Waals surface area contributed by atoms with Gasteiger partial charge in [-0.2, -0.15) is 5.10 Å². The molecule has 0 saturated heterocycles. The number of hydrogen-bond donors (Lipinski definition) is 1. The van der Waals surface area contributed by atoms with Crippen LogP contribution in [0.4, 0.5) is 4.79 Å². The average molecular weight is 413 g/mol. The van der Waals surface area contributed by atoms with Crippen molar-refractivity contribution < 1.29 is 14.3 Å². The smallest absolute Gasteiger partial charge is 0.407 e. The lowest BCUT2D eigenvalue weighted by molar-refractivity contribution is 0.103. The first-order valence-corrected chi connectivity index (χ1v) is 11.2. The molecule has 1 N–H and O–H groups in total. The molecule has 2 fully saturated rings. The van der Waals surface area contributed by atoms with Crippen molar-refractivity contribution in [3.05, 3.63) is 29.7 Å². The van der Waals surface area contributed by atoms with Crippen molar-refractivity contribution in [2.45, 2.75) is 70.9 Å². The van der Waals surface area contributed by atoms with Crippen LogP contribution in [-0.4, -0.2) is 33.6 Å². The molecule has 0 unspecified atom stereocenters. The van der Waals surface area contributed by atoms with Gasteiger partial charge in [-0.05, 0) is 63.5 Å². The van der Waals surface area contributed by atoms with Crippen LogP contribution in [0.1, 0.15) is 62.8 Å². The molecule has 2 aliphatic carbocycles. The number of aromatic nitrogens is 3. The predicted octanol–water partition coefficient (Wildman–Crippen LogP) is 4.53. The van der Waals surface area contributed by atoms with Crippen LogP contribution >= 0.6 is 0 Å². The van der Waals surface area contributed by atoms with Gasteiger partial charge in [0.2, 0.25) is 0 Å². The molecule has 0 radical (unpaired) electrons. The minimum Gasteiger partial charge on any atom is -0.489 e. The Morgan fingerprint density at radius 1 is 1.17 bits per heavy atom. The molecule has 162 valence electrons. The highest BCUT2D eigenvalue weighted by molar-refractivity contribution is 5.68. The Balaban J connectivity index is 1.39. The number of hydrogen-bond acceptors (Lipinski definition) is 5. The van der Waals surface area contributed by atoms with E-state index in [1.165, 1.54) is 25.7 Å². The molecule has 2 aromatic heterocycles. The van der Waals surface area contributed by atoms with Crippen LogP contribution in [0, 0.1) is 12.8 Å². The van der Waals surface area contributed by atoms with Gasteiger partial charge in [-0.3, -0.25) is 4.68 Å². The summed E-state index contributed by atoms with van der Waals surface area (Å²) in [4.78, 5) is 16.8. The van der Waals surface area contributed by atoms with Crippen LogP contribution in [0.25, 0.3) is 11.3 Å². The first-order valence-electron chi connectivity index (χ1n) is 11.2. The number of amides is 1. The van der Waals surface area contributed by atoms with Gasteiger partial charge in [0.1, 0.15) is 5.75 Å². The molecular weight excluding hydrogens is 380 g/mol. The highest BCUT2D eigenvalue weighted by Gasteiger charge is 2.20. The summed E-state index contributed by atoms with van der Waals surface area (Å²) in [6, 6.07) is 3.98. The molecule has 7 nitrogen and oxygen atoms in total. The zero-order valence-corrected chi connectivity index (χ0v) is 18.0. The Hall–Kier alpha value is -2.57. The van der Waals surface area contributed by atoms with E-state index in [1.54, 1.807) is 10.9 Å². The van der Waals surface area contributed by atoms with Gasteiger partial charge in [-0.25, -0.2) is 9.78 Å². The number of nitrogens with zero attached hydrogens (tertiary/aromatic N) is 3. The predicted molar refractivity (Wildman–Crippen MR) is 114 cm³/mol. The molecule has 0 atom stereocenters. The van der Waals surface area contributed by atoms with Gasteiger partial charge >= 0.3 is 6.09 Å². The molecule has 2 aliphatic rings. The van der Waals surface area contributed by atoms with Crippen LogP contribution in [0.3, 0.4) is 0 Å². The lowest BCUT2D eigenvalue weighted by atomic mass is 9.86. The number of alkyl carbamates (subject to hydrolysis) is 1. The largest absolute Gasteiger partial charge is 0.489 e. The first kappa shape index (κ1) is 20.7. The topological polar surface area (TPSA) is 78.3 Å². The van der Waals surface area contributed by atoms with Crippen LogP contribution in [0.2, 0.25) is 0 Å². The molecule has 7 heteroatoms. The van der Waals surface area contributed by atoms with Crippen molar-refractivity contribution in [2.24, 2.45) is 13.0 Å². The number of rotatable bonds is 7. The maximum Gasteiger partial charge on any atom is 0.407 e. The Labute approximate surface area is 178 Å². The summed E-state index contributed by atoms with van der Waals surface area (Å²) in [5, 5.41) is 7.21. The number of carbonyl (C=O) groups excluding carboxylic acids is 1. The molecule has 2 saturated carbocycles. The summed E-state index contributed by atoms with van der Waals surface area (Å²) in [5.41, 5.74) is 3.50. The van der Waals surface area contributed by atoms with Crippen LogP contribution in [-0.2, 0) is 18.3 Å². The molecule has 0 aliphatic heterocycles. The highest BCUT2D eigenvalue weighted by Crippen LogP contribution is 2.29. The van der Waals surface area contributed by atoms with Crippen LogP contribution in [0.15, 0.2) is 18.3 Å². The molecule has 0 spiro atoms. The fourth-order valence-electron chi connectivity index (χ4n) is 4.13. The zero-order valence-electron chi connectivity index (χ0n) is 18.0. The maximum absolute atomic E-state index is 12.0. The van der Waals surface area contributed by atoms with E-state index in [2.05, 4.69) is 10.4 Å². The van der Waals surface area contributed by atoms with Gasteiger partial charge in [0.15, 0.2) is 0 Å². The monoisotopic (exact) mass is 412 g/mol. The Morgan fingerprint density at radius 2 is 1.97 bits per heavy atom. The van der Waals surface area contributed by atoms with Crippen LogP contribution in [0.5, 0.6) is 5.75 Å². The van der Waals surface area contributed by atoms with E-state index >= 15 is 0 Å². The second kappa shape index (κ2) is 9.49. The number of aryl methyl sites for hydroxylation is 2. The lowest BCUT2D eigenvalue weighted by Crippen LogP contribution is -2.28. The Morgan fingerprint density at radius 3 is 2.67 bits per heavy atom. The normalized spacial score (nSPS) is 17.4. The van der Waals surface area contributed by atoms with Crippen molar-refractivity contribution in [1.82, 2.24) is 20.1 Å². The van der Waals surface area contributed by atoms with E-state index in [1.807, 2.05) is 26.1 Å². The second-order valence-corrected chi connectivity index (χ2v) is 8.54. The van der Waals surface area contributed by atoms with Crippen molar-refractivity contribution >= 4 is 6.09 Å². The quantitative estimate of drug-likeness (QED) is 0.723. The number of carbonyl (C=O) groups is 1. The molecule has 1 amide bonds. The third kappa shape index (κ3) is 4.94. The summed E-state index contributed by atoms with van der Waals surface area (Å²) in [6.45, 7) is 2.83. The third-order valence-corrected chi connectivity index (χ3v) is 6.30. The summed E-state index contributed by atoms with van der Waals surface area (Å²) >= 11 is 0. The standard InChI is InChI=1S/C23H32N4O3/c1-16-22(30-18-9-4-3-5-10-18)12-11-20(26-16)19-13-25-27(2)21(19)14-24-23(28)29-15-17-7-6-8-17/h11-13,17-18H,3-10,14-15H2,1-2H3,(H,24,28). The SMILES string of the molecule is Cc1nc(-c2cnn(C)c2CNC(=O)OCC2CCC2)ccc1OC1CCCCC1. The fourth-order valence-corrected chi connectivity index (χ4v) is 4.13. The van der Waals surface area contributed by atoms with Gasteiger partial charge in [-0.1, -0.05) is 12.8 Å². The number of nitrogens with one attached hydrogen (secondary N) is 1. The van der Waals surface area contributed by atoms with E-state index in [9.17, 15) is 4.79 Å². The maximum atomic E-state index is 12.0. The number of ether oxygens (including phenoxy) is 2. The fraction of sp³-hybridized carbons (Fsp3) is 0.609. The zero-order chi connectivity index (χ0) is 20.9. The van der Waals surface area contributed by atoms with Crippen molar-refractivity contribution in [3.8, 4) is 17.0 Å². The lowest BCUT2D eigenvalue weighted by Gasteiger charge is -2.24. The molecule has 2 heterocycles. The minimum atomic E-state index is -0.380. The van der Waals surface area contributed by atoms with E-state index in [-0.39, 0.29) is 6.09 Å². The first-order chi connectivity index (χ1) is 14.6. The summed E-state index contributed by atoms with van der Waals surface area (Å²) in [5.74, 6) is 1.39. The van der Waals surface area contributed by atoms with Crippen molar-refractivity contribution in [1.29, 1.82) is 0 Å². The molecule has 30 heavy (non-hydrogen) atoms. The summed E-state index contributed by atoms with van der Waals surface area (Å²) < 4.78 is 13.3. The van der Waals surface area contributed by atoms with Gasteiger partial charge in [0.25, 0.3) is 0 Å². The second-order valence-electron chi connectivity index (χ2n) is 8.54. The summed E-state index contributed by atoms with van der Waals surface area (Å²) in [7, 11) is 1.87. The van der Waals surface area contributed by atoms with Gasteiger partial charge < -0.3 is 14.8 Å². The van der Waals surface area contributed by atoms with Gasteiger partial charge in [-0.15, -0.1) is 0 Å². The van der Waals surface area contributed by atoms with Gasteiger partial charge in [0, 0.05) is 12.6 Å². The van der Waals surface area contributed by atoms with Crippen molar-refractivity contribution in [2.75, 3.05) is 6.61 Å².